The van der Waals surface area contributed by atoms with Crippen LogP contribution in [0.4, 0.5) is 0 Å². The lowest BCUT2D eigenvalue weighted by Gasteiger charge is -2.06. The molecule has 0 saturated carbocycles. The first kappa shape index (κ1) is 10.1. The Hall–Kier alpha value is -1.03. The van der Waals surface area contributed by atoms with Gasteiger partial charge in [-0.05, 0) is 31.0 Å². The van der Waals surface area contributed by atoms with Crippen LogP contribution in [0.2, 0.25) is 0 Å². The van der Waals surface area contributed by atoms with Gasteiger partial charge >= 0.3 is 10.1 Å². The van der Waals surface area contributed by atoms with Crippen molar-refractivity contribution in [2.75, 3.05) is 6.26 Å². The first-order valence-corrected chi connectivity index (χ1v) is 5.67. The molecule has 0 heterocycles. The molecule has 0 atom stereocenters. The maximum atomic E-state index is 10.8. The zero-order valence-corrected chi connectivity index (χ0v) is 8.68. The molecule has 0 aliphatic heterocycles. The summed E-state index contributed by atoms with van der Waals surface area (Å²) in [6.45, 7) is 3.69. The fourth-order valence-electron chi connectivity index (χ4n) is 0.960. The van der Waals surface area contributed by atoms with Crippen LogP contribution in [0, 0.1) is 13.8 Å². The van der Waals surface area contributed by atoms with Crippen LogP contribution in [0.15, 0.2) is 18.2 Å². The Kier molecular flexibility index (Phi) is 2.61. The van der Waals surface area contributed by atoms with Crippen molar-refractivity contribution in [3.63, 3.8) is 0 Å². The molecule has 0 aliphatic rings. The first-order chi connectivity index (χ1) is 5.88. The van der Waals surface area contributed by atoms with Crippen LogP contribution >= 0.6 is 0 Å². The minimum absolute atomic E-state index is 0.405. The van der Waals surface area contributed by atoms with Crippen molar-refractivity contribution in [3.05, 3.63) is 29.3 Å². The Morgan fingerprint density at radius 2 is 1.85 bits per heavy atom. The number of rotatable bonds is 2. The molecule has 0 fully saturated rings. The monoisotopic (exact) mass is 200 g/mol. The number of aryl methyl sites for hydroxylation is 2. The number of hydrogen-bond acceptors (Lipinski definition) is 3. The van der Waals surface area contributed by atoms with Crippen molar-refractivity contribution in [2.24, 2.45) is 0 Å². The Labute approximate surface area is 78.5 Å². The molecule has 0 bridgehead atoms. The average Bonchev–Trinajstić information content (AvgIpc) is 1.94. The SMILES string of the molecule is Cc1ccc(C)c(OS(C)(=O)=O)c1. The molecule has 4 heteroatoms. The van der Waals surface area contributed by atoms with Gasteiger partial charge in [-0.15, -0.1) is 0 Å². The molecule has 1 aromatic rings. The van der Waals surface area contributed by atoms with Crippen LogP contribution in [0.25, 0.3) is 0 Å². The van der Waals surface area contributed by atoms with E-state index >= 15 is 0 Å². The molecule has 13 heavy (non-hydrogen) atoms. The van der Waals surface area contributed by atoms with Gasteiger partial charge in [0.2, 0.25) is 0 Å². The Bertz CT molecular complexity index is 407. The third-order valence-corrected chi connectivity index (χ3v) is 2.07. The average molecular weight is 200 g/mol. The molecule has 1 rings (SSSR count). The quantitative estimate of drug-likeness (QED) is 0.682. The zero-order chi connectivity index (χ0) is 10.1. The van der Waals surface area contributed by atoms with Crippen molar-refractivity contribution < 1.29 is 12.6 Å². The minimum Gasteiger partial charge on any atom is -0.382 e. The lowest BCUT2D eigenvalue weighted by molar-refractivity contribution is 0.491. The van der Waals surface area contributed by atoms with Gasteiger partial charge in [-0.2, -0.15) is 8.42 Å². The molecular weight excluding hydrogens is 188 g/mol. The summed E-state index contributed by atoms with van der Waals surface area (Å²) < 4.78 is 26.5. The summed E-state index contributed by atoms with van der Waals surface area (Å²) in [6, 6.07) is 5.44. The van der Waals surface area contributed by atoms with Gasteiger partial charge < -0.3 is 4.18 Å². The van der Waals surface area contributed by atoms with Crippen molar-refractivity contribution >= 4 is 10.1 Å². The third kappa shape index (κ3) is 3.06. The third-order valence-electron chi connectivity index (χ3n) is 1.58. The van der Waals surface area contributed by atoms with E-state index in [9.17, 15) is 8.42 Å². The predicted octanol–water partition coefficient (Wildman–Crippen LogP) is 1.64. The van der Waals surface area contributed by atoms with E-state index in [0.29, 0.717) is 5.75 Å². The van der Waals surface area contributed by atoms with Crippen molar-refractivity contribution in [1.82, 2.24) is 0 Å². The molecule has 1 aromatic carbocycles. The maximum absolute atomic E-state index is 10.8. The van der Waals surface area contributed by atoms with Crippen molar-refractivity contribution in [1.29, 1.82) is 0 Å². The second kappa shape index (κ2) is 3.38. The van der Waals surface area contributed by atoms with Crippen molar-refractivity contribution in [3.8, 4) is 5.75 Å². The van der Waals surface area contributed by atoms with Gasteiger partial charge in [-0.1, -0.05) is 12.1 Å². The van der Waals surface area contributed by atoms with Gasteiger partial charge in [0.1, 0.15) is 5.75 Å². The Balaban J connectivity index is 3.08. The van der Waals surface area contributed by atoms with Crippen LogP contribution in [-0.2, 0) is 10.1 Å². The highest BCUT2D eigenvalue weighted by molar-refractivity contribution is 7.86. The zero-order valence-electron chi connectivity index (χ0n) is 7.87. The molecule has 0 spiro atoms. The molecular formula is C9H12O3S. The molecule has 0 saturated heterocycles. The molecule has 72 valence electrons. The summed E-state index contributed by atoms with van der Waals surface area (Å²) in [5.74, 6) is 0.405. The summed E-state index contributed by atoms with van der Waals surface area (Å²) in [5.41, 5.74) is 1.79. The Morgan fingerprint density at radius 3 is 2.38 bits per heavy atom. The maximum Gasteiger partial charge on any atom is 0.306 e. The van der Waals surface area contributed by atoms with Gasteiger partial charge in [0.25, 0.3) is 0 Å². The summed E-state index contributed by atoms with van der Waals surface area (Å²) in [7, 11) is -3.42. The van der Waals surface area contributed by atoms with Crippen LogP contribution in [-0.4, -0.2) is 14.7 Å². The normalized spacial score (nSPS) is 11.3. The summed E-state index contributed by atoms with van der Waals surface area (Å²) in [5, 5.41) is 0. The summed E-state index contributed by atoms with van der Waals surface area (Å²) >= 11 is 0. The lowest BCUT2D eigenvalue weighted by Crippen LogP contribution is -2.06. The van der Waals surface area contributed by atoms with Gasteiger partial charge in [0.05, 0.1) is 6.26 Å². The molecule has 0 unspecified atom stereocenters. The topological polar surface area (TPSA) is 43.4 Å². The van der Waals surface area contributed by atoms with E-state index in [1.165, 1.54) is 0 Å². The molecule has 0 N–H and O–H groups in total. The summed E-state index contributed by atoms with van der Waals surface area (Å²) in [4.78, 5) is 0. The standard InChI is InChI=1S/C9H12O3S/c1-7-4-5-8(2)9(6-7)12-13(3,10)11/h4-6H,1-3H3. The van der Waals surface area contributed by atoms with Crippen LogP contribution in [0.5, 0.6) is 5.75 Å². The van der Waals surface area contributed by atoms with Gasteiger partial charge in [-0.3, -0.25) is 0 Å². The fraction of sp³-hybridized carbons (Fsp3) is 0.333. The first-order valence-electron chi connectivity index (χ1n) is 3.85. The predicted molar refractivity (Wildman–Crippen MR) is 51.4 cm³/mol. The van der Waals surface area contributed by atoms with Crippen LogP contribution in [0.1, 0.15) is 11.1 Å². The highest BCUT2D eigenvalue weighted by atomic mass is 32.2. The highest BCUT2D eigenvalue weighted by Gasteiger charge is 2.06. The summed E-state index contributed by atoms with van der Waals surface area (Å²) in [6.07, 6.45) is 1.04. The molecule has 0 radical (unpaired) electrons. The highest BCUT2D eigenvalue weighted by Crippen LogP contribution is 2.20. The fourth-order valence-corrected chi connectivity index (χ4v) is 1.47. The lowest BCUT2D eigenvalue weighted by atomic mass is 10.1. The number of benzene rings is 1. The van der Waals surface area contributed by atoms with E-state index < -0.39 is 10.1 Å². The van der Waals surface area contributed by atoms with E-state index in [2.05, 4.69) is 0 Å². The molecule has 0 amide bonds. The minimum atomic E-state index is -3.42. The largest absolute Gasteiger partial charge is 0.382 e. The molecule has 0 aliphatic carbocycles. The second-order valence-corrected chi connectivity index (χ2v) is 4.63. The Morgan fingerprint density at radius 1 is 1.23 bits per heavy atom. The van der Waals surface area contributed by atoms with Crippen molar-refractivity contribution in [2.45, 2.75) is 13.8 Å². The van der Waals surface area contributed by atoms with E-state index in [4.69, 9.17) is 4.18 Å². The van der Waals surface area contributed by atoms with Gasteiger partial charge in [0, 0.05) is 0 Å². The van der Waals surface area contributed by atoms with E-state index in [0.717, 1.165) is 17.4 Å². The smallest absolute Gasteiger partial charge is 0.306 e. The number of hydrogen-bond donors (Lipinski definition) is 0. The molecule has 3 nitrogen and oxygen atoms in total. The van der Waals surface area contributed by atoms with E-state index in [1.807, 2.05) is 19.1 Å². The van der Waals surface area contributed by atoms with Crippen LogP contribution in [0.3, 0.4) is 0 Å². The second-order valence-electron chi connectivity index (χ2n) is 3.06. The van der Waals surface area contributed by atoms with Crippen LogP contribution < -0.4 is 4.18 Å². The molecule has 0 aromatic heterocycles. The van der Waals surface area contributed by atoms with E-state index in [-0.39, 0.29) is 0 Å². The van der Waals surface area contributed by atoms with Gasteiger partial charge in [0.15, 0.2) is 0 Å². The van der Waals surface area contributed by atoms with Gasteiger partial charge in [-0.25, -0.2) is 0 Å². The van der Waals surface area contributed by atoms with E-state index in [1.54, 1.807) is 13.0 Å².